The number of benzene rings is 2. The second-order valence-electron chi connectivity index (χ2n) is 5.43. The molecule has 0 radical (unpaired) electrons. The number of fused-ring (bicyclic) bond motifs is 1. The zero-order chi connectivity index (χ0) is 16.5. The molecule has 2 heterocycles. The molecule has 2 aromatic heterocycles. The minimum Gasteiger partial charge on any atom is -0.229 e. The van der Waals surface area contributed by atoms with E-state index in [1.807, 2.05) is 24.3 Å². The van der Waals surface area contributed by atoms with Gasteiger partial charge in [0.2, 0.25) is 0 Å². The number of thiophene rings is 1. The van der Waals surface area contributed by atoms with Crippen LogP contribution in [0.5, 0.6) is 0 Å². The zero-order valence-electron chi connectivity index (χ0n) is 12.9. The van der Waals surface area contributed by atoms with Crippen LogP contribution in [0.15, 0.2) is 70.2 Å². The maximum atomic E-state index is 5.98. The highest BCUT2D eigenvalue weighted by Gasteiger charge is 2.14. The molecule has 0 atom stereocenters. The van der Waals surface area contributed by atoms with Gasteiger partial charge in [0.25, 0.3) is 0 Å². The van der Waals surface area contributed by atoms with Crippen LogP contribution in [0.2, 0.25) is 5.02 Å². The van der Waals surface area contributed by atoms with Gasteiger partial charge in [0, 0.05) is 20.9 Å². The molecular formula is C19H13ClN2S2. The van der Waals surface area contributed by atoms with Gasteiger partial charge in [-0.1, -0.05) is 53.2 Å². The smallest absolute Gasteiger partial charge is 0.128 e. The van der Waals surface area contributed by atoms with Crippen molar-refractivity contribution in [3.63, 3.8) is 0 Å². The first-order valence-electron chi connectivity index (χ1n) is 7.43. The Kier molecular flexibility index (Phi) is 4.27. The summed E-state index contributed by atoms with van der Waals surface area (Å²) in [5.74, 6) is 0. The van der Waals surface area contributed by atoms with Gasteiger partial charge < -0.3 is 0 Å². The van der Waals surface area contributed by atoms with Crippen LogP contribution < -0.4 is 0 Å². The highest BCUT2D eigenvalue weighted by Crippen LogP contribution is 2.40. The molecule has 5 heteroatoms. The minimum atomic E-state index is 0.739. The lowest BCUT2D eigenvalue weighted by molar-refractivity contribution is 1.11. The molecule has 0 N–H and O–H groups in total. The van der Waals surface area contributed by atoms with Crippen LogP contribution in [0.1, 0.15) is 5.56 Å². The Morgan fingerprint density at radius 2 is 1.71 bits per heavy atom. The molecule has 0 bridgehead atoms. The molecule has 0 spiro atoms. The van der Waals surface area contributed by atoms with Crippen molar-refractivity contribution in [2.24, 2.45) is 0 Å². The number of rotatable bonds is 3. The van der Waals surface area contributed by atoms with Gasteiger partial charge in [-0.25, -0.2) is 9.97 Å². The predicted molar refractivity (Wildman–Crippen MR) is 103 cm³/mol. The van der Waals surface area contributed by atoms with Gasteiger partial charge >= 0.3 is 0 Å². The summed E-state index contributed by atoms with van der Waals surface area (Å²) >= 11 is 9.27. The number of nitrogens with zero attached hydrogens (tertiary/aromatic N) is 2. The zero-order valence-corrected chi connectivity index (χ0v) is 15.3. The van der Waals surface area contributed by atoms with Crippen LogP contribution >= 0.6 is 34.7 Å². The van der Waals surface area contributed by atoms with Crippen LogP contribution in [-0.2, 0) is 0 Å². The Balaban J connectivity index is 1.82. The monoisotopic (exact) mass is 368 g/mol. The van der Waals surface area contributed by atoms with Gasteiger partial charge in [0.1, 0.15) is 16.2 Å². The average molecular weight is 369 g/mol. The largest absolute Gasteiger partial charge is 0.229 e. The third kappa shape index (κ3) is 3.05. The highest BCUT2D eigenvalue weighted by molar-refractivity contribution is 7.99. The van der Waals surface area contributed by atoms with Gasteiger partial charge in [-0.3, -0.25) is 0 Å². The van der Waals surface area contributed by atoms with Crippen LogP contribution in [0.4, 0.5) is 0 Å². The van der Waals surface area contributed by atoms with E-state index in [9.17, 15) is 0 Å². The molecule has 0 saturated heterocycles. The first-order valence-corrected chi connectivity index (χ1v) is 9.51. The summed E-state index contributed by atoms with van der Waals surface area (Å²) in [5, 5.41) is 4.99. The van der Waals surface area contributed by atoms with Crippen LogP contribution in [0.25, 0.3) is 21.3 Å². The summed E-state index contributed by atoms with van der Waals surface area (Å²) in [6, 6.07) is 16.4. The molecule has 2 aromatic carbocycles. The molecule has 0 aliphatic carbocycles. The molecule has 0 aliphatic heterocycles. The number of halogens is 1. The highest BCUT2D eigenvalue weighted by atomic mass is 35.5. The third-order valence-corrected chi connectivity index (χ3v) is 5.88. The summed E-state index contributed by atoms with van der Waals surface area (Å²) in [6.45, 7) is 2.10. The molecule has 4 rings (SSSR count). The van der Waals surface area contributed by atoms with Crippen molar-refractivity contribution >= 4 is 44.9 Å². The fraction of sp³-hybridized carbons (Fsp3) is 0.0526. The molecule has 0 amide bonds. The molecule has 4 aromatic rings. The summed E-state index contributed by atoms with van der Waals surface area (Å²) in [5.41, 5.74) is 3.64. The molecule has 0 aliphatic rings. The van der Waals surface area contributed by atoms with Crippen LogP contribution in [-0.4, -0.2) is 9.97 Å². The normalized spacial score (nSPS) is 11.1. The number of hydrogen-bond donors (Lipinski definition) is 0. The maximum absolute atomic E-state index is 5.98. The van der Waals surface area contributed by atoms with Gasteiger partial charge in [-0.2, -0.15) is 0 Å². The van der Waals surface area contributed by atoms with E-state index in [1.165, 1.54) is 16.7 Å². The molecule has 0 saturated carbocycles. The van der Waals surface area contributed by atoms with Gasteiger partial charge in [-0.15, -0.1) is 11.3 Å². The van der Waals surface area contributed by atoms with Crippen molar-refractivity contribution in [1.82, 2.24) is 9.97 Å². The summed E-state index contributed by atoms with van der Waals surface area (Å²) in [4.78, 5) is 11.1. The van der Waals surface area contributed by atoms with E-state index in [2.05, 4.69) is 46.5 Å². The van der Waals surface area contributed by atoms with Gasteiger partial charge in [0.05, 0.1) is 5.39 Å². The van der Waals surface area contributed by atoms with Gasteiger partial charge in [0.15, 0.2) is 0 Å². The van der Waals surface area contributed by atoms with E-state index >= 15 is 0 Å². The van der Waals surface area contributed by atoms with E-state index in [4.69, 9.17) is 11.6 Å². The first kappa shape index (κ1) is 15.6. The van der Waals surface area contributed by atoms with Crippen molar-refractivity contribution in [2.45, 2.75) is 16.8 Å². The van der Waals surface area contributed by atoms with E-state index in [1.54, 1.807) is 29.4 Å². The lowest BCUT2D eigenvalue weighted by atomic mass is 10.1. The summed E-state index contributed by atoms with van der Waals surface area (Å²) in [6.07, 6.45) is 1.63. The van der Waals surface area contributed by atoms with Crippen LogP contribution in [0.3, 0.4) is 0 Å². The quantitative estimate of drug-likeness (QED) is 0.387. The van der Waals surface area contributed by atoms with E-state index in [-0.39, 0.29) is 0 Å². The topological polar surface area (TPSA) is 25.8 Å². The molecule has 0 unspecified atom stereocenters. The number of aryl methyl sites for hydroxylation is 1. The van der Waals surface area contributed by atoms with E-state index in [0.29, 0.717) is 0 Å². The Morgan fingerprint density at radius 3 is 2.46 bits per heavy atom. The van der Waals surface area contributed by atoms with Crippen molar-refractivity contribution < 1.29 is 0 Å². The van der Waals surface area contributed by atoms with Crippen LogP contribution in [0, 0.1) is 6.92 Å². The summed E-state index contributed by atoms with van der Waals surface area (Å²) in [7, 11) is 0. The van der Waals surface area contributed by atoms with Crippen molar-refractivity contribution in [3.8, 4) is 11.1 Å². The molecule has 118 valence electrons. The van der Waals surface area contributed by atoms with Crippen molar-refractivity contribution in [3.05, 3.63) is 70.8 Å². The Bertz CT molecular complexity index is 992. The molecular weight excluding hydrogens is 356 g/mol. The predicted octanol–water partition coefficient (Wildman–Crippen LogP) is 6.47. The van der Waals surface area contributed by atoms with E-state index < -0.39 is 0 Å². The molecule has 2 nitrogen and oxygen atoms in total. The fourth-order valence-electron chi connectivity index (χ4n) is 2.48. The Morgan fingerprint density at radius 1 is 0.958 bits per heavy atom. The second-order valence-corrected chi connectivity index (χ2v) is 7.79. The molecule has 0 fully saturated rings. The standard InChI is InChI=1S/C19H13ClN2S2/c1-12-2-4-13(5-3-12)16-10-23-18-17(16)19(22-11-21-18)24-15-8-6-14(20)7-9-15/h2-11H,1H3. The average Bonchev–Trinajstić information content (AvgIpc) is 3.03. The van der Waals surface area contributed by atoms with Gasteiger partial charge in [-0.05, 0) is 36.8 Å². The van der Waals surface area contributed by atoms with Crippen molar-refractivity contribution in [1.29, 1.82) is 0 Å². The fourth-order valence-corrected chi connectivity index (χ4v) is 4.50. The number of hydrogen-bond acceptors (Lipinski definition) is 4. The lowest BCUT2D eigenvalue weighted by Crippen LogP contribution is -1.86. The van der Waals surface area contributed by atoms with Crippen molar-refractivity contribution in [2.75, 3.05) is 0 Å². The molecule has 24 heavy (non-hydrogen) atoms. The SMILES string of the molecule is Cc1ccc(-c2csc3ncnc(Sc4ccc(Cl)cc4)c23)cc1. The first-order chi connectivity index (χ1) is 11.7. The summed E-state index contributed by atoms with van der Waals surface area (Å²) < 4.78 is 0. The maximum Gasteiger partial charge on any atom is 0.128 e. The minimum absolute atomic E-state index is 0.739. The second kappa shape index (κ2) is 6.55. The Labute approximate surface area is 153 Å². The Hall–Kier alpha value is -1.88. The number of aromatic nitrogens is 2. The van der Waals surface area contributed by atoms with E-state index in [0.717, 1.165) is 25.2 Å². The third-order valence-electron chi connectivity index (χ3n) is 3.73. The lowest BCUT2D eigenvalue weighted by Gasteiger charge is -2.06.